The highest BCUT2D eigenvalue weighted by Gasteiger charge is 2.19. The number of rotatable bonds is 4. The zero-order valence-corrected chi connectivity index (χ0v) is 11.5. The molecule has 0 spiro atoms. The minimum absolute atomic E-state index is 0.166. The van der Waals surface area contributed by atoms with Crippen LogP contribution in [0.4, 0.5) is 5.69 Å². The molecule has 106 valence electrons. The molecule has 1 aromatic heterocycles. The van der Waals surface area contributed by atoms with Crippen LogP contribution in [0, 0.1) is 11.3 Å². The summed E-state index contributed by atoms with van der Waals surface area (Å²) < 4.78 is 26.8. The van der Waals surface area contributed by atoms with Gasteiger partial charge in [0.25, 0.3) is 10.0 Å². The average molecular weight is 302 g/mol. The number of nitrogens with one attached hydrogen (secondary N) is 1. The molecule has 8 heteroatoms. The van der Waals surface area contributed by atoms with Crippen molar-refractivity contribution >= 4 is 21.6 Å². The average Bonchev–Trinajstić information content (AvgIpc) is 2.47. The van der Waals surface area contributed by atoms with E-state index in [1.54, 1.807) is 6.07 Å². The highest BCUT2D eigenvalue weighted by Crippen LogP contribution is 2.18. The second-order valence-electron chi connectivity index (χ2n) is 4.01. The van der Waals surface area contributed by atoms with Crippen LogP contribution in [0.5, 0.6) is 0 Å². The van der Waals surface area contributed by atoms with E-state index in [1.807, 2.05) is 0 Å². The highest BCUT2D eigenvalue weighted by molar-refractivity contribution is 7.92. The van der Waals surface area contributed by atoms with Crippen LogP contribution in [-0.2, 0) is 10.0 Å². The predicted molar refractivity (Wildman–Crippen MR) is 74.7 cm³/mol. The van der Waals surface area contributed by atoms with E-state index in [-0.39, 0.29) is 21.8 Å². The van der Waals surface area contributed by atoms with Crippen molar-refractivity contribution in [1.29, 1.82) is 5.26 Å². The number of carbonyl (C=O) groups excluding carboxylic acids is 1. The number of benzene rings is 1. The molecule has 0 aliphatic rings. The van der Waals surface area contributed by atoms with Crippen LogP contribution in [0.25, 0.3) is 0 Å². The molecule has 2 rings (SSSR count). The second kappa shape index (κ2) is 5.60. The molecule has 1 amide bonds. The molecule has 0 radical (unpaired) electrons. The van der Waals surface area contributed by atoms with Gasteiger partial charge in [0, 0.05) is 17.4 Å². The molecule has 0 fully saturated rings. The van der Waals surface area contributed by atoms with Crippen molar-refractivity contribution in [1.82, 2.24) is 4.98 Å². The lowest BCUT2D eigenvalue weighted by Crippen LogP contribution is -2.16. The summed E-state index contributed by atoms with van der Waals surface area (Å²) in [5.74, 6) is -0.671. The topological polar surface area (TPSA) is 126 Å². The molecule has 0 atom stereocenters. The van der Waals surface area contributed by atoms with Gasteiger partial charge in [-0.3, -0.25) is 9.52 Å². The van der Waals surface area contributed by atoms with Crippen LogP contribution in [0.3, 0.4) is 0 Å². The van der Waals surface area contributed by atoms with Crippen molar-refractivity contribution < 1.29 is 13.2 Å². The Balaban J connectivity index is 2.41. The van der Waals surface area contributed by atoms with Gasteiger partial charge in [-0.2, -0.15) is 5.26 Å². The molecule has 0 saturated carbocycles. The predicted octanol–water partition coefficient (Wildman–Crippen LogP) is 0.853. The van der Waals surface area contributed by atoms with E-state index in [0.717, 1.165) is 0 Å². The molecule has 7 nitrogen and oxygen atoms in total. The number of nitriles is 1. The van der Waals surface area contributed by atoms with Gasteiger partial charge in [-0.15, -0.1) is 0 Å². The molecule has 1 aromatic carbocycles. The van der Waals surface area contributed by atoms with Crippen LogP contribution < -0.4 is 10.5 Å². The number of hydrogen-bond acceptors (Lipinski definition) is 5. The third-order valence-corrected chi connectivity index (χ3v) is 3.98. The number of sulfonamides is 1. The van der Waals surface area contributed by atoms with Crippen molar-refractivity contribution in [2.24, 2.45) is 5.73 Å². The van der Waals surface area contributed by atoms with Crippen molar-refractivity contribution in [3.63, 3.8) is 0 Å². The first-order chi connectivity index (χ1) is 9.94. The van der Waals surface area contributed by atoms with E-state index < -0.39 is 15.9 Å². The summed E-state index contributed by atoms with van der Waals surface area (Å²) in [6.07, 6.45) is 1.32. The number of anilines is 1. The monoisotopic (exact) mass is 302 g/mol. The molecular weight excluding hydrogens is 292 g/mol. The van der Waals surface area contributed by atoms with Gasteiger partial charge in [0.1, 0.15) is 11.0 Å². The summed E-state index contributed by atoms with van der Waals surface area (Å²) in [6, 6.07) is 10.1. The van der Waals surface area contributed by atoms with Gasteiger partial charge in [-0.1, -0.05) is 6.07 Å². The fraction of sp³-hybridized carbons (Fsp3) is 0. The zero-order chi connectivity index (χ0) is 15.5. The Morgan fingerprint density at radius 3 is 2.71 bits per heavy atom. The molecule has 0 aliphatic carbocycles. The van der Waals surface area contributed by atoms with Gasteiger partial charge in [0.05, 0.1) is 0 Å². The van der Waals surface area contributed by atoms with Crippen LogP contribution >= 0.6 is 0 Å². The van der Waals surface area contributed by atoms with Crippen molar-refractivity contribution in [2.75, 3.05) is 4.72 Å². The van der Waals surface area contributed by atoms with Gasteiger partial charge in [-0.05, 0) is 30.3 Å². The van der Waals surface area contributed by atoms with Gasteiger partial charge in [-0.25, -0.2) is 13.4 Å². The van der Waals surface area contributed by atoms with Gasteiger partial charge < -0.3 is 5.73 Å². The van der Waals surface area contributed by atoms with Gasteiger partial charge in [0.2, 0.25) is 5.91 Å². The number of primary amides is 1. The maximum Gasteiger partial charge on any atom is 0.264 e. The maximum atomic E-state index is 12.2. The quantitative estimate of drug-likeness (QED) is 0.865. The Morgan fingerprint density at radius 2 is 2.05 bits per heavy atom. The van der Waals surface area contributed by atoms with Gasteiger partial charge in [0.15, 0.2) is 5.69 Å². The molecule has 1 heterocycles. The van der Waals surface area contributed by atoms with Crippen LogP contribution in [0.2, 0.25) is 0 Å². The standard InChI is InChI=1S/C13H10N4O3S/c14-8-11-12(5-2-6-16-11)21(19,20)17-10-4-1-3-9(7-10)13(15)18/h1-7,17H,(H2,15,18). The summed E-state index contributed by atoms with van der Waals surface area (Å²) in [4.78, 5) is 14.5. The fourth-order valence-corrected chi connectivity index (χ4v) is 2.80. The summed E-state index contributed by atoms with van der Waals surface area (Å²) >= 11 is 0. The summed E-state index contributed by atoms with van der Waals surface area (Å²) in [6.45, 7) is 0. The molecule has 0 saturated heterocycles. The Morgan fingerprint density at radius 1 is 1.29 bits per heavy atom. The Bertz CT molecular complexity index is 840. The Hall–Kier alpha value is -2.92. The molecule has 21 heavy (non-hydrogen) atoms. The number of amides is 1. The van der Waals surface area contributed by atoms with E-state index in [9.17, 15) is 13.2 Å². The first-order valence-corrected chi connectivity index (χ1v) is 7.20. The number of nitrogens with zero attached hydrogens (tertiary/aromatic N) is 2. The van der Waals surface area contributed by atoms with Gasteiger partial charge >= 0.3 is 0 Å². The zero-order valence-electron chi connectivity index (χ0n) is 10.6. The van der Waals surface area contributed by atoms with E-state index in [0.29, 0.717) is 0 Å². The van der Waals surface area contributed by atoms with E-state index in [2.05, 4.69) is 9.71 Å². The normalized spacial score (nSPS) is 10.6. The number of nitrogens with two attached hydrogens (primary N) is 1. The molecule has 0 aliphatic heterocycles. The van der Waals surface area contributed by atoms with E-state index in [1.165, 1.54) is 42.6 Å². The summed E-state index contributed by atoms with van der Waals surface area (Å²) in [5, 5.41) is 8.90. The van der Waals surface area contributed by atoms with Crippen molar-refractivity contribution in [3.8, 4) is 6.07 Å². The highest BCUT2D eigenvalue weighted by atomic mass is 32.2. The summed E-state index contributed by atoms with van der Waals surface area (Å²) in [5.41, 5.74) is 5.26. The first kappa shape index (κ1) is 14.5. The number of pyridine rings is 1. The van der Waals surface area contributed by atoms with Crippen LogP contribution in [0.15, 0.2) is 47.5 Å². The minimum atomic E-state index is -3.99. The molecule has 0 unspecified atom stereocenters. The fourth-order valence-electron chi connectivity index (χ4n) is 1.64. The lowest BCUT2D eigenvalue weighted by Gasteiger charge is -2.09. The Kier molecular flexibility index (Phi) is 3.86. The van der Waals surface area contributed by atoms with Crippen LogP contribution in [0.1, 0.15) is 16.1 Å². The molecular formula is C13H10N4O3S. The largest absolute Gasteiger partial charge is 0.366 e. The van der Waals surface area contributed by atoms with Crippen LogP contribution in [-0.4, -0.2) is 19.3 Å². The Labute approximate surface area is 121 Å². The third-order valence-electron chi connectivity index (χ3n) is 2.57. The van der Waals surface area contributed by atoms with Crippen molar-refractivity contribution in [2.45, 2.75) is 4.90 Å². The lowest BCUT2D eigenvalue weighted by atomic mass is 10.2. The second-order valence-corrected chi connectivity index (χ2v) is 5.66. The number of aromatic nitrogens is 1. The first-order valence-electron chi connectivity index (χ1n) is 5.72. The maximum absolute atomic E-state index is 12.2. The molecule has 0 bridgehead atoms. The minimum Gasteiger partial charge on any atom is -0.366 e. The van der Waals surface area contributed by atoms with E-state index in [4.69, 9.17) is 11.0 Å². The molecule has 2 aromatic rings. The smallest absolute Gasteiger partial charge is 0.264 e. The number of hydrogen-bond donors (Lipinski definition) is 2. The molecule has 3 N–H and O–H groups in total. The lowest BCUT2D eigenvalue weighted by molar-refractivity contribution is 0.100. The van der Waals surface area contributed by atoms with E-state index >= 15 is 0 Å². The van der Waals surface area contributed by atoms with Crippen molar-refractivity contribution in [3.05, 3.63) is 53.9 Å². The SMILES string of the molecule is N#Cc1ncccc1S(=O)(=O)Nc1cccc(C(N)=O)c1. The number of carbonyl (C=O) groups is 1. The summed E-state index contributed by atoms with van der Waals surface area (Å²) in [7, 11) is -3.99. The third kappa shape index (κ3) is 3.16.